The molecule has 2 aliphatic rings. The summed E-state index contributed by atoms with van der Waals surface area (Å²) >= 11 is 1.47. The Morgan fingerprint density at radius 2 is 2.13 bits per heavy atom. The number of ether oxygens (including phenoxy) is 1. The number of rotatable bonds is 5. The molecule has 0 radical (unpaired) electrons. The second-order valence-corrected chi connectivity index (χ2v) is 9.51. The van der Waals surface area contributed by atoms with E-state index < -0.39 is 5.60 Å². The number of hydrogen-bond acceptors (Lipinski definition) is 5. The first-order chi connectivity index (χ1) is 14.6. The molecule has 2 aromatic heterocycles. The largest absolute Gasteiger partial charge is 0.380 e. The molecule has 5 rings (SSSR count). The molecule has 7 heteroatoms. The number of carbonyl (C=O) groups excluding carboxylic acids is 1. The maximum atomic E-state index is 12.7. The highest BCUT2D eigenvalue weighted by Crippen LogP contribution is 2.45. The number of H-pyrrole nitrogens is 1. The first-order valence-corrected chi connectivity index (χ1v) is 11.5. The molecule has 1 unspecified atom stereocenters. The van der Waals surface area contributed by atoms with Gasteiger partial charge >= 0.3 is 0 Å². The first kappa shape index (κ1) is 19.7. The van der Waals surface area contributed by atoms with Crippen molar-refractivity contribution in [2.75, 3.05) is 19.7 Å². The fourth-order valence-corrected chi connectivity index (χ4v) is 5.63. The van der Waals surface area contributed by atoms with Crippen LogP contribution < -0.4 is 0 Å². The summed E-state index contributed by atoms with van der Waals surface area (Å²) in [5, 5.41) is 14.8. The van der Waals surface area contributed by atoms with Crippen molar-refractivity contribution >= 4 is 28.1 Å². The van der Waals surface area contributed by atoms with Crippen molar-refractivity contribution in [3.63, 3.8) is 0 Å². The van der Waals surface area contributed by atoms with Gasteiger partial charge in [-0.05, 0) is 37.3 Å². The van der Waals surface area contributed by atoms with Gasteiger partial charge in [-0.15, -0.1) is 11.3 Å². The monoisotopic (exact) mass is 425 g/mol. The number of amides is 1. The highest BCUT2D eigenvalue weighted by atomic mass is 32.1. The van der Waals surface area contributed by atoms with Crippen LogP contribution in [0.3, 0.4) is 0 Å². The summed E-state index contributed by atoms with van der Waals surface area (Å²) in [6.07, 6.45) is 8.21. The number of fused-ring (bicyclic) bond motifs is 1. The minimum absolute atomic E-state index is 0.220. The number of nitrogens with one attached hydrogen (secondary N) is 1. The van der Waals surface area contributed by atoms with Crippen LogP contribution in [0, 0.1) is 0 Å². The lowest BCUT2D eigenvalue weighted by Crippen LogP contribution is -2.47. The number of aliphatic hydroxyl groups is 1. The van der Waals surface area contributed by atoms with Gasteiger partial charge in [0.25, 0.3) is 0 Å². The highest BCUT2D eigenvalue weighted by Gasteiger charge is 2.52. The van der Waals surface area contributed by atoms with E-state index in [1.165, 1.54) is 22.3 Å². The predicted molar refractivity (Wildman–Crippen MR) is 116 cm³/mol. The zero-order valence-corrected chi connectivity index (χ0v) is 17.8. The number of para-hydroxylation sites is 1. The molecule has 2 fully saturated rings. The molecule has 2 N–H and O–H groups in total. The SMILES string of the molecule is O=C(CCCc1c[nH]c2ccccc12)N1CCC2(CC1)CC(O)(c1nccs1)CO2. The van der Waals surface area contributed by atoms with Gasteiger partial charge in [0.2, 0.25) is 5.91 Å². The normalized spacial score (nSPS) is 23.4. The summed E-state index contributed by atoms with van der Waals surface area (Å²) in [5.41, 5.74) is 1.10. The standard InChI is InChI=1S/C23H27N3O3S/c27-20(7-3-4-17-14-25-19-6-2-1-5-18(17)19)26-11-8-22(9-12-26)15-23(28,16-29-22)21-24-10-13-30-21/h1-2,5-6,10,13-14,25,28H,3-4,7-9,11-12,15-16H2. The number of likely N-dealkylation sites (tertiary alicyclic amines) is 1. The molecule has 158 valence electrons. The number of nitrogens with zero attached hydrogens (tertiary/aromatic N) is 2. The van der Waals surface area contributed by atoms with E-state index in [2.05, 4.69) is 34.4 Å². The van der Waals surface area contributed by atoms with Crippen molar-refractivity contribution in [2.24, 2.45) is 0 Å². The van der Waals surface area contributed by atoms with Crippen LogP contribution in [0.25, 0.3) is 10.9 Å². The topological polar surface area (TPSA) is 78.5 Å². The Labute approximate surface area is 179 Å². The third-order valence-corrected chi connectivity index (χ3v) is 7.57. The van der Waals surface area contributed by atoms with E-state index in [0.29, 0.717) is 32.5 Å². The van der Waals surface area contributed by atoms with Gasteiger partial charge in [0, 0.05) is 54.6 Å². The average molecular weight is 426 g/mol. The summed E-state index contributed by atoms with van der Waals surface area (Å²) in [5.74, 6) is 0.220. The van der Waals surface area contributed by atoms with Crippen molar-refractivity contribution in [2.45, 2.75) is 49.7 Å². The van der Waals surface area contributed by atoms with Crippen molar-refractivity contribution in [3.8, 4) is 0 Å². The van der Waals surface area contributed by atoms with Gasteiger partial charge in [-0.25, -0.2) is 4.98 Å². The van der Waals surface area contributed by atoms with E-state index in [-0.39, 0.29) is 11.5 Å². The van der Waals surface area contributed by atoms with E-state index in [0.717, 1.165) is 36.2 Å². The fourth-order valence-electron chi connectivity index (χ4n) is 4.91. The summed E-state index contributed by atoms with van der Waals surface area (Å²) in [7, 11) is 0. The third-order valence-electron chi connectivity index (χ3n) is 6.60. The molecule has 30 heavy (non-hydrogen) atoms. The zero-order valence-electron chi connectivity index (χ0n) is 17.0. The minimum Gasteiger partial charge on any atom is -0.380 e. The molecular weight excluding hydrogens is 398 g/mol. The van der Waals surface area contributed by atoms with Crippen molar-refractivity contribution in [1.29, 1.82) is 0 Å². The van der Waals surface area contributed by atoms with Crippen LogP contribution in [0.5, 0.6) is 0 Å². The second-order valence-electron chi connectivity index (χ2n) is 8.61. The molecule has 0 saturated carbocycles. The van der Waals surface area contributed by atoms with Gasteiger partial charge in [-0.1, -0.05) is 18.2 Å². The van der Waals surface area contributed by atoms with Crippen LogP contribution in [-0.2, 0) is 21.6 Å². The van der Waals surface area contributed by atoms with E-state index >= 15 is 0 Å². The smallest absolute Gasteiger partial charge is 0.222 e. The molecule has 3 aromatic rings. The molecule has 2 aliphatic heterocycles. The molecular formula is C23H27N3O3S. The molecule has 4 heterocycles. The first-order valence-electron chi connectivity index (χ1n) is 10.7. The van der Waals surface area contributed by atoms with Gasteiger partial charge in [-0.3, -0.25) is 4.79 Å². The lowest BCUT2D eigenvalue weighted by Gasteiger charge is -2.39. The summed E-state index contributed by atoms with van der Waals surface area (Å²) in [4.78, 5) is 22.3. The quantitative estimate of drug-likeness (QED) is 0.655. The molecule has 1 spiro atoms. The number of aromatic amines is 1. The van der Waals surface area contributed by atoms with Crippen LogP contribution in [0.15, 0.2) is 42.0 Å². The van der Waals surface area contributed by atoms with E-state index in [9.17, 15) is 9.90 Å². The summed E-state index contributed by atoms with van der Waals surface area (Å²) in [6, 6.07) is 8.28. The van der Waals surface area contributed by atoms with Crippen LogP contribution in [-0.4, -0.2) is 51.2 Å². The lowest BCUT2D eigenvalue weighted by atomic mass is 9.83. The predicted octanol–water partition coefficient (Wildman–Crippen LogP) is 3.62. The molecule has 6 nitrogen and oxygen atoms in total. The lowest BCUT2D eigenvalue weighted by molar-refractivity contribution is -0.136. The van der Waals surface area contributed by atoms with Gasteiger partial charge in [0.15, 0.2) is 0 Å². The van der Waals surface area contributed by atoms with Gasteiger partial charge < -0.3 is 19.7 Å². The summed E-state index contributed by atoms with van der Waals surface area (Å²) < 4.78 is 6.10. The Kier molecular flexibility index (Phi) is 5.13. The van der Waals surface area contributed by atoms with Crippen molar-refractivity contribution in [3.05, 3.63) is 52.6 Å². The molecule has 2 saturated heterocycles. The Bertz CT molecular complexity index is 1020. The molecule has 1 aromatic carbocycles. The molecule has 0 aliphatic carbocycles. The number of aryl methyl sites for hydroxylation is 1. The zero-order chi connectivity index (χ0) is 20.6. The number of thiazole rings is 1. The number of aromatic nitrogens is 2. The number of carbonyl (C=O) groups is 1. The summed E-state index contributed by atoms with van der Waals surface area (Å²) in [6.45, 7) is 1.68. The fraction of sp³-hybridized carbons (Fsp3) is 0.478. The molecule has 1 atom stereocenters. The van der Waals surface area contributed by atoms with Crippen molar-refractivity contribution in [1.82, 2.24) is 14.9 Å². The molecule has 0 bridgehead atoms. The van der Waals surface area contributed by atoms with Gasteiger partial charge in [-0.2, -0.15) is 0 Å². The van der Waals surface area contributed by atoms with Crippen LogP contribution in [0.2, 0.25) is 0 Å². The van der Waals surface area contributed by atoms with E-state index in [4.69, 9.17) is 4.74 Å². The maximum absolute atomic E-state index is 12.7. The van der Waals surface area contributed by atoms with Gasteiger partial charge in [0.1, 0.15) is 10.6 Å². The highest BCUT2D eigenvalue weighted by molar-refractivity contribution is 7.09. The molecule has 1 amide bonds. The van der Waals surface area contributed by atoms with Crippen LogP contribution in [0.1, 0.15) is 42.7 Å². The number of hydrogen-bond donors (Lipinski definition) is 2. The third kappa shape index (κ3) is 3.66. The maximum Gasteiger partial charge on any atom is 0.222 e. The Morgan fingerprint density at radius 3 is 2.93 bits per heavy atom. The van der Waals surface area contributed by atoms with E-state index in [1.54, 1.807) is 6.20 Å². The number of benzene rings is 1. The van der Waals surface area contributed by atoms with Gasteiger partial charge in [0.05, 0.1) is 12.2 Å². The van der Waals surface area contributed by atoms with Crippen LogP contribution >= 0.6 is 11.3 Å². The van der Waals surface area contributed by atoms with Crippen molar-refractivity contribution < 1.29 is 14.6 Å². The average Bonchev–Trinajstić information content (AvgIpc) is 3.50. The Hall–Kier alpha value is -2.22. The minimum atomic E-state index is -0.986. The van der Waals surface area contributed by atoms with E-state index in [1.807, 2.05) is 16.3 Å². The number of piperidine rings is 1. The second kappa shape index (κ2) is 7.80. The Balaban J connectivity index is 1.12. The Morgan fingerprint density at radius 1 is 1.30 bits per heavy atom. The van der Waals surface area contributed by atoms with Crippen LogP contribution in [0.4, 0.5) is 0 Å².